The highest BCUT2D eigenvalue weighted by Gasteiger charge is 2.05. The summed E-state index contributed by atoms with van der Waals surface area (Å²) in [5.74, 6) is 1.43. The van der Waals surface area contributed by atoms with E-state index in [9.17, 15) is 0 Å². The van der Waals surface area contributed by atoms with Crippen LogP contribution in [-0.2, 0) is 6.61 Å². The second kappa shape index (κ2) is 8.59. The zero-order valence-electron chi connectivity index (χ0n) is 11.2. The Balaban J connectivity index is 2.60. The molecule has 0 aliphatic rings. The standard InChI is InChI=1S/C15H22O3/c1-3-5-6-7-10-18-14-9-8-13(12-16)11-15(14)17-4-2/h5-6,8-9,11,16H,3-4,7,10,12H2,1-2H3. The zero-order valence-corrected chi connectivity index (χ0v) is 11.2. The summed E-state index contributed by atoms with van der Waals surface area (Å²) >= 11 is 0. The van der Waals surface area contributed by atoms with Crippen molar-refractivity contribution < 1.29 is 14.6 Å². The molecule has 0 saturated heterocycles. The molecule has 100 valence electrons. The molecule has 0 bridgehead atoms. The lowest BCUT2D eigenvalue weighted by Gasteiger charge is -2.12. The molecule has 3 heteroatoms. The van der Waals surface area contributed by atoms with E-state index in [2.05, 4.69) is 19.1 Å². The summed E-state index contributed by atoms with van der Waals surface area (Å²) in [6, 6.07) is 5.51. The molecule has 0 fully saturated rings. The Labute approximate surface area is 109 Å². The minimum atomic E-state index is 0.0135. The molecule has 0 spiro atoms. The van der Waals surface area contributed by atoms with Gasteiger partial charge in [-0.25, -0.2) is 0 Å². The van der Waals surface area contributed by atoms with Gasteiger partial charge in [-0.15, -0.1) is 0 Å². The molecule has 0 unspecified atom stereocenters. The van der Waals surface area contributed by atoms with Gasteiger partial charge in [0, 0.05) is 0 Å². The summed E-state index contributed by atoms with van der Waals surface area (Å²) in [5, 5.41) is 9.09. The van der Waals surface area contributed by atoms with Crippen molar-refractivity contribution in [3.63, 3.8) is 0 Å². The molecule has 0 radical (unpaired) electrons. The molecular weight excluding hydrogens is 228 g/mol. The Morgan fingerprint density at radius 2 is 1.94 bits per heavy atom. The van der Waals surface area contributed by atoms with Gasteiger partial charge in [0.15, 0.2) is 11.5 Å². The number of hydrogen-bond acceptors (Lipinski definition) is 3. The molecule has 3 nitrogen and oxygen atoms in total. The molecule has 0 aliphatic heterocycles. The molecule has 18 heavy (non-hydrogen) atoms. The van der Waals surface area contributed by atoms with Gasteiger partial charge in [-0.05, 0) is 37.5 Å². The zero-order chi connectivity index (χ0) is 13.2. The number of rotatable bonds is 8. The number of allylic oxidation sites excluding steroid dienone is 1. The predicted molar refractivity (Wildman–Crippen MR) is 73.1 cm³/mol. The highest BCUT2D eigenvalue weighted by Crippen LogP contribution is 2.28. The Hall–Kier alpha value is -1.48. The van der Waals surface area contributed by atoms with Crippen LogP contribution in [0, 0.1) is 0 Å². The van der Waals surface area contributed by atoms with Crippen molar-refractivity contribution in [2.24, 2.45) is 0 Å². The second-order valence-corrected chi connectivity index (χ2v) is 3.89. The Bertz CT molecular complexity index is 372. The topological polar surface area (TPSA) is 38.7 Å². The molecule has 0 saturated carbocycles. The lowest BCUT2D eigenvalue weighted by molar-refractivity contribution is 0.271. The monoisotopic (exact) mass is 250 g/mol. The van der Waals surface area contributed by atoms with Crippen molar-refractivity contribution in [2.45, 2.75) is 33.3 Å². The quantitative estimate of drug-likeness (QED) is 0.568. The third kappa shape index (κ3) is 4.80. The van der Waals surface area contributed by atoms with Gasteiger partial charge in [-0.2, -0.15) is 0 Å². The number of aliphatic hydroxyl groups is 1. The van der Waals surface area contributed by atoms with Crippen LogP contribution in [0.4, 0.5) is 0 Å². The fourth-order valence-electron chi connectivity index (χ4n) is 1.56. The SMILES string of the molecule is CCC=CCCOc1ccc(CO)cc1OCC. The number of aliphatic hydroxyl groups excluding tert-OH is 1. The maximum Gasteiger partial charge on any atom is 0.161 e. The van der Waals surface area contributed by atoms with Gasteiger partial charge in [0.1, 0.15) is 0 Å². The van der Waals surface area contributed by atoms with E-state index >= 15 is 0 Å². The summed E-state index contributed by atoms with van der Waals surface area (Å²) in [6.45, 7) is 5.27. The van der Waals surface area contributed by atoms with Crippen LogP contribution >= 0.6 is 0 Å². The summed E-state index contributed by atoms with van der Waals surface area (Å²) in [7, 11) is 0. The summed E-state index contributed by atoms with van der Waals surface area (Å²) in [6.07, 6.45) is 6.18. The first-order valence-electron chi connectivity index (χ1n) is 6.46. The van der Waals surface area contributed by atoms with E-state index in [0.29, 0.717) is 19.0 Å². The maximum absolute atomic E-state index is 9.09. The van der Waals surface area contributed by atoms with Crippen LogP contribution in [0.25, 0.3) is 0 Å². The first kappa shape index (κ1) is 14.6. The largest absolute Gasteiger partial charge is 0.490 e. The van der Waals surface area contributed by atoms with E-state index in [1.54, 1.807) is 0 Å². The number of hydrogen-bond donors (Lipinski definition) is 1. The Morgan fingerprint density at radius 1 is 1.11 bits per heavy atom. The second-order valence-electron chi connectivity index (χ2n) is 3.89. The maximum atomic E-state index is 9.09. The lowest BCUT2D eigenvalue weighted by atomic mass is 10.2. The van der Waals surface area contributed by atoms with E-state index in [-0.39, 0.29) is 6.61 Å². The third-order valence-corrected chi connectivity index (χ3v) is 2.43. The van der Waals surface area contributed by atoms with Gasteiger partial charge in [-0.3, -0.25) is 0 Å². The van der Waals surface area contributed by atoms with Crippen LogP contribution in [0.2, 0.25) is 0 Å². The van der Waals surface area contributed by atoms with Crippen LogP contribution in [0.1, 0.15) is 32.3 Å². The van der Waals surface area contributed by atoms with Crippen LogP contribution in [0.3, 0.4) is 0 Å². The summed E-state index contributed by atoms with van der Waals surface area (Å²) in [5.41, 5.74) is 0.830. The lowest BCUT2D eigenvalue weighted by Crippen LogP contribution is -2.01. The van der Waals surface area contributed by atoms with Gasteiger partial charge in [0.05, 0.1) is 19.8 Å². The molecular formula is C15H22O3. The van der Waals surface area contributed by atoms with Crippen molar-refractivity contribution in [2.75, 3.05) is 13.2 Å². The van der Waals surface area contributed by atoms with Crippen molar-refractivity contribution in [3.8, 4) is 11.5 Å². The van der Waals surface area contributed by atoms with E-state index in [4.69, 9.17) is 14.6 Å². The van der Waals surface area contributed by atoms with Crippen molar-refractivity contribution in [3.05, 3.63) is 35.9 Å². The van der Waals surface area contributed by atoms with Crippen LogP contribution < -0.4 is 9.47 Å². The predicted octanol–water partition coefficient (Wildman–Crippen LogP) is 3.31. The average molecular weight is 250 g/mol. The normalized spacial score (nSPS) is 10.8. The molecule has 1 rings (SSSR count). The first-order valence-corrected chi connectivity index (χ1v) is 6.46. The van der Waals surface area contributed by atoms with E-state index < -0.39 is 0 Å². The molecule has 0 amide bonds. The molecule has 0 atom stereocenters. The molecule has 1 aromatic rings. The molecule has 1 N–H and O–H groups in total. The van der Waals surface area contributed by atoms with E-state index in [1.807, 2.05) is 25.1 Å². The van der Waals surface area contributed by atoms with Gasteiger partial charge in [-0.1, -0.05) is 25.1 Å². The smallest absolute Gasteiger partial charge is 0.161 e. The minimum absolute atomic E-state index is 0.0135. The average Bonchev–Trinajstić information content (AvgIpc) is 2.40. The van der Waals surface area contributed by atoms with Crippen molar-refractivity contribution in [1.29, 1.82) is 0 Å². The van der Waals surface area contributed by atoms with Crippen molar-refractivity contribution >= 4 is 0 Å². The van der Waals surface area contributed by atoms with Crippen LogP contribution in [-0.4, -0.2) is 18.3 Å². The van der Waals surface area contributed by atoms with E-state index in [0.717, 1.165) is 24.2 Å². The fourth-order valence-corrected chi connectivity index (χ4v) is 1.56. The molecule has 0 heterocycles. The van der Waals surface area contributed by atoms with E-state index in [1.165, 1.54) is 0 Å². The van der Waals surface area contributed by atoms with Gasteiger partial charge < -0.3 is 14.6 Å². The Kier molecular flexibility index (Phi) is 6.96. The van der Waals surface area contributed by atoms with Crippen molar-refractivity contribution in [1.82, 2.24) is 0 Å². The van der Waals surface area contributed by atoms with Crippen LogP contribution in [0.15, 0.2) is 30.4 Å². The molecule has 0 aromatic heterocycles. The van der Waals surface area contributed by atoms with Gasteiger partial charge in [0.25, 0.3) is 0 Å². The number of benzene rings is 1. The molecule has 0 aliphatic carbocycles. The van der Waals surface area contributed by atoms with Gasteiger partial charge in [0.2, 0.25) is 0 Å². The first-order chi connectivity index (χ1) is 8.81. The Morgan fingerprint density at radius 3 is 2.61 bits per heavy atom. The minimum Gasteiger partial charge on any atom is -0.490 e. The highest BCUT2D eigenvalue weighted by atomic mass is 16.5. The summed E-state index contributed by atoms with van der Waals surface area (Å²) in [4.78, 5) is 0. The third-order valence-electron chi connectivity index (χ3n) is 2.43. The van der Waals surface area contributed by atoms with Gasteiger partial charge >= 0.3 is 0 Å². The molecule has 1 aromatic carbocycles. The number of ether oxygens (including phenoxy) is 2. The summed E-state index contributed by atoms with van der Waals surface area (Å²) < 4.78 is 11.2. The highest BCUT2D eigenvalue weighted by molar-refractivity contribution is 5.42. The van der Waals surface area contributed by atoms with Crippen LogP contribution in [0.5, 0.6) is 11.5 Å². The fraction of sp³-hybridized carbons (Fsp3) is 0.467.